The van der Waals surface area contributed by atoms with Crippen molar-refractivity contribution in [1.29, 1.82) is 0 Å². The van der Waals surface area contributed by atoms with Gasteiger partial charge in [-0.15, -0.1) is 0 Å². The van der Waals surface area contributed by atoms with E-state index < -0.39 is 17.7 Å². The van der Waals surface area contributed by atoms with Gasteiger partial charge in [-0.2, -0.15) is 0 Å². The molecule has 0 aliphatic rings. The van der Waals surface area contributed by atoms with Crippen LogP contribution in [-0.4, -0.2) is 28.5 Å². The van der Waals surface area contributed by atoms with Crippen molar-refractivity contribution in [3.8, 4) is 0 Å². The highest BCUT2D eigenvalue weighted by molar-refractivity contribution is 6.00. The molecule has 1 aromatic rings. The number of rotatable bonds is 4. The molecule has 100 valence electrons. The second kappa shape index (κ2) is 5.71. The summed E-state index contributed by atoms with van der Waals surface area (Å²) in [6, 6.07) is 2.85. The highest BCUT2D eigenvalue weighted by Gasteiger charge is 2.24. The Balaban J connectivity index is 2.63. The first-order valence-electron chi connectivity index (χ1n) is 6.00. The van der Waals surface area contributed by atoms with Gasteiger partial charge < -0.3 is 15.0 Å². The van der Waals surface area contributed by atoms with Crippen LogP contribution in [0.15, 0.2) is 18.3 Å². The highest BCUT2D eigenvalue weighted by atomic mass is 16.6. The molecule has 1 heterocycles. The third-order valence-corrected chi connectivity index (χ3v) is 2.28. The van der Waals surface area contributed by atoms with Gasteiger partial charge in [-0.05, 0) is 39.3 Å². The second-order valence-electron chi connectivity index (χ2n) is 5.06. The molecule has 1 aromatic heterocycles. The van der Waals surface area contributed by atoms with Crippen LogP contribution in [0.3, 0.4) is 0 Å². The summed E-state index contributed by atoms with van der Waals surface area (Å²) in [5.74, 6) is -0.145. The summed E-state index contributed by atoms with van der Waals surface area (Å²) in [5.41, 5.74) is -0.0874. The van der Waals surface area contributed by atoms with Crippen LogP contribution in [0.2, 0.25) is 0 Å². The van der Waals surface area contributed by atoms with Crippen LogP contribution in [0.25, 0.3) is 0 Å². The summed E-state index contributed by atoms with van der Waals surface area (Å²) in [6.45, 7) is 7.17. The van der Waals surface area contributed by atoms with Gasteiger partial charge in [-0.1, -0.05) is 6.92 Å². The number of carbonyl (C=O) groups is 2. The number of aromatic amines is 1. The van der Waals surface area contributed by atoms with Crippen LogP contribution in [0, 0.1) is 0 Å². The Morgan fingerprint density at radius 2 is 2.11 bits per heavy atom. The molecule has 0 radical (unpaired) electrons. The molecule has 1 amide bonds. The van der Waals surface area contributed by atoms with Crippen LogP contribution >= 0.6 is 0 Å². The molecule has 5 heteroatoms. The first kappa shape index (κ1) is 14.3. The van der Waals surface area contributed by atoms with E-state index >= 15 is 0 Å². The van der Waals surface area contributed by atoms with Gasteiger partial charge >= 0.3 is 6.09 Å². The van der Waals surface area contributed by atoms with Crippen molar-refractivity contribution in [3.63, 3.8) is 0 Å². The maximum Gasteiger partial charge on any atom is 0.408 e. The fraction of sp³-hybridized carbons (Fsp3) is 0.538. The molecule has 2 N–H and O–H groups in total. The van der Waals surface area contributed by atoms with Crippen LogP contribution < -0.4 is 5.32 Å². The van der Waals surface area contributed by atoms with Crippen LogP contribution in [-0.2, 0) is 4.74 Å². The quantitative estimate of drug-likeness (QED) is 0.809. The minimum absolute atomic E-state index is 0.145. The zero-order chi connectivity index (χ0) is 13.8. The molecule has 0 saturated heterocycles. The van der Waals surface area contributed by atoms with Gasteiger partial charge in [0.2, 0.25) is 5.78 Å². The van der Waals surface area contributed by atoms with Crippen molar-refractivity contribution in [2.24, 2.45) is 0 Å². The number of hydrogen-bond donors (Lipinski definition) is 2. The first-order chi connectivity index (χ1) is 8.33. The lowest BCUT2D eigenvalue weighted by Gasteiger charge is -2.22. The second-order valence-corrected chi connectivity index (χ2v) is 5.06. The minimum Gasteiger partial charge on any atom is -0.444 e. The Kier molecular flexibility index (Phi) is 4.53. The summed E-state index contributed by atoms with van der Waals surface area (Å²) >= 11 is 0. The van der Waals surface area contributed by atoms with E-state index in [0.717, 1.165) is 0 Å². The molecule has 0 saturated carbocycles. The molecule has 18 heavy (non-hydrogen) atoms. The zero-order valence-corrected chi connectivity index (χ0v) is 11.2. The smallest absolute Gasteiger partial charge is 0.408 e. The van der Waals surface area contributed by atoms with Gasteiger partial charge in [0.15, 0.2) is 0 Å². The first-order valence-corrected chi connectivity index (χ1v) is 6.00. The summed E-state index contributed by atoms with van der Waals surface area (Å²) < 4.78 is 5.13. The lowest BCUT2D eigenvalue weighted by Crippen LogP contribution is -2.43. The third-order valence-electron chi connectivity index (χ3n) is 2.28. The van der Waals surface area contributed by atoms with Crippen molar-refractivity contribution in [2.75, 3.05) is 0 Å². The number of alkyl carbamates (subject to hydrolysis) is 1. The highest BCUT2D eigenvalue weighted by Crippen LogP contribution is 2.09. The molecule has 0 spiro atoms. The Labute approximate surface area is 107 Å². The SMILES string of the molecule is CC[C@H](NC(=O)OC(C)(C)C)C(=O)c1ccc[nH]1. The topological polar surface area (TPSA) is 71.2 Å². The maximum absolute atomic E-state index is 12.0. The number of amides is 1. The van der Waals surface area contributed by atoms with E-state index in [4.69, 9.17) is 4.74 Å². The van der Waals surface area contributed by atoms with Gasteiger partial charge in [0, 0.05) is 6.20 Å². The monoisotopic (exact) mass is 252 g/mol. The number of ketones is 1. The average Bonchev–Trinajstić information content (AvgIpc) is 2.75. The number of aromatic nitrogens is 1. The Morgan fingerprint density at radius 3 is 2.56 bits per heavy atom. The standard InChI is InChI=1S/C13H20N2O3/c1-5-9(11(16)10-7-6-8-14-10)15-12(17)18-13(2,3)4/h6-9,14H,5H2,1-4H3,(H,15,17)/t9-/m0/s1. The number of carbonyl (C=O) groups excluding carboxylic acids is 2. The van der Waals surface area contributed by atoms with Crippen LogP contribution in [0.5, 0.6) is 0 Å². The van der Waals surface area contributed by atoms with Crippen LogP contribution in [0.4, 0.5) is 4.79 Å². The normalized spacial score (nSPS) is 12.9. The lowest BCUT2D eigenvalue weighted by molar-refractivity contribution is 0.0490. The average molecular weight is 252 g/mol. The van der Waals surface area contributed by atoms with Gasteiger partial charge in [0.05, 0.1) is 11.7 Å². The number of H-pyrrole nitrogens is 1. The molecule has 1 rings (SSSR count). The van der Waals surface area contributed by atoms with E-state index in [0.29, 0.717) is 12.1 Å². The number of nitrogens with one attached hydrogen (secondary N) is 2. The molecule has 0 fully saturated rings. The van der Waals surface area contributed by atoms with E-state index in [1.165, 1.54) is 0 Å². The summed E-state index contributed by atoms with van der Waals surface area (Å²) in [6.07, 6.45) is 1.61. The molecule has 0 aliphatic carbocycles. The minimum atomic E-state index is -0.575. The maximum atomic E-state index is 12.0. The van der Waals surface area contributed by atoms with Gasteiger partial charge in [0.1, 0.15) is 5.60 Å². The van der Waals surface area contributed by atoms with E-state index in [1.807, 2.05) is 6.92 Å². The summed E-state index contributed by atoms with van der Waals surface area (Å²) in [5, 5.41) is 2.58. The van der Waals surface area contributed by atoms with Crippen LogP contribution in [0.1, 0.15) is 44.6 Å². The number of hydrogen-bond acceptors (Lipinski definition) is 3. The molecule has 0 unspecified atom stereocenters. The van der Waals surface area contributed by atoms with Gasteiger partial charge in [-0.3, -0.25) is 4.79 Å². The number of ether oxygens (including phenoxy) is 1. The van der Waals surface area contributed by atoms with Gasteiger partial charge in [0.25, 0.3) is 0 Å². The lowest BCUT2D eigenvalue weighted by atomic mass is 10.1. The molecule has 1 atom stereocenters. The Hall–Kier alpha value is -1.78. The third kappa shape index (κ3) is 4.24. The molecule has 0 bridgehead atoms. The zero-order valence-electron chi connectivity index (χ0n) is 11.2. The Morgan fingerprint density at radius 1 is 1.44 bits per heavy atom. The van der Waals surface area contributed by atoms with Crippen molar-refractivity contribution in [2.45, 2.75) is 45.8 Å². The molecule has 0 aromatic carbocycles. The molecular weight excluding hydrogens is 232 g/mol. The van der Waals surface area contributed by atoms with Crippen molar-refractivity contribution in [3.05, 3.63) is 24.0 Å². The van der Waals surface area contributed by atoms with E-state index in [1.54, 1.807) is 39.1 Å². The molecule has 0 aliphatic heterocycles. The van der Waals surface area contributed by atoms with E-state index in [-0.39, 0.29) is 5.78 Å². The van der Waals surface area contributed by atoms with Crippen molar-refractivity contribution < 1.29 is 14.3 Å². The predicted octanol–water partition coefficient (Wildman–Crippen LogP) is 2.50. The molecular formula is C13H20N2O3. The largest absolute Gasteiger partial charge is 0.444 e. The fourth-order valence-electron chi connectivity index (χ4n) is 1.47. The van der Waals surface area contributed by atoms with E-state index in [2.05, 4.69) is 10.3 Å². The van der Waals surface area contributed by atoms with Crippen molar-refractivity contribution in [1.82, 2.24) is 10.3 Å². The fourth-order valence-corrected chi connectivity index (χ4v) is 1.47. The van der Waals surface area contributed by atoms with E-state index in [9.17, 15) is 9.59 Å². The molecule has 5 nitrogen and oxygen atoms in total. The van der Waals surface area contributed by atoms with Gasteiger partial charge in [-0.25, -0.2) is 4.79 Å². The summed E-state index contributed by atoms with van der Waals surface area (Å²) in [4.78, 5) is 26.5. The number of Topliss-reactive ketones (excluding diaryl/α,β-unsaturated/α-hetero) is 1. The van der Waals surface area contributed by atoms with Crippen molar-refractivity contribution >= 4 is 11.9 Å². The Bertz CT molecular complexity index is 404. The summed E-state index contributed by atoms with van der Waals surface area (Å²) in [7, 11) is 0. The predicted molar refractivity (Wildman–Crippen MR) is 68.6 cm³/mol.